The lowest BCUT2D eigenvalue weighted by molar-refractivity contribution is 0.0699. The van der Waals surface area contributed by atoms with Crippen LogP contribution in [0.25, 0.3) is 0 Å². The first kappa shape index (κ1) is 17.8. The predicted molar refractivity (Wildman–Crippen MR) is 81.0 cm³/mol. The van der Waals surface area contributed by atoms with Gasteiger partial charge in [-0.3, -0.25) is 0 Å². The average Bonchev–Trinajstić information content (AvgIpc) is 2.34. The lowest BCUT2D eigenvalue weighted by Gasteiger charge is -2.22. The van der Waals surface area contributed by atoms with Crippen LogP contribution in [0.1, 0.15) is 31.1 Å². The van der Waals surface area contributed by atoms with Gasteiger partial charge < -0.3 is 8.92 Å². The van der Waals surface area contributed by atoms with Crippen LogP contribution < -0.4 is 4.74 Å². The van der Waals surface area contributed by atoms with Crippen LogP contribution in [0.4, 0.5) is 0 Å². The monoisotopic (exact) mass is 334 g/mol. The molecule has 0 aliphatic heterocycles. The molecule has 0 heterocycles. The molecule has 1 aromatic carbocycles. The van der Waals surface area contributed by atoms with Crippen molar-refractivity contribution in [3.63, 3.8) is 0 Å². The number of ether oxygens (including phenoxy) is 1. The summed E-state index contributed by atoms with van der Waals surface area (Å²) in [4.78, 5) is 11.9. The number of rotatable bonds is 6. The van der Waals surface area contributed by atoms with Crippen LogP contribution in [0.3, 0.4) is 0 Å². The Hall–Kier alpha value is -1.25. The summed E-state index contributed by atoms with van der Waals surface area (Å²) < 4.78 is 37.3. The third-order valence-corrected chi connectivity index (χ3v) is 3.01. The lowest BCUT2D eigenvalue weighted by Crippen LogP contribution is -2.25. The zero-order valence-electron chi connectivity index (χ0n) is 12.0. The molecule has 118 valence electrons. The van der Waals surface area contributed by atoms with Crippen molar-refractivity contribution in [3.8, 4) is 5.75 Å². The molecule has 1 rings (SSSR count). The Balaban J connectivity index is 2.93. The van der Waals surface area contributed by atoms with E-state index < -0.39 is 22.0 Å². The van der Waals surface area contributed by atoms with E-state index in [0.29, 0.717) is 0 Å². The fraction of sp³-hybridized carbons (Fsp3) is 0.462. The molecule has 0 atom stereocenters. The maximum atomic E-state index is 11.9. The molecular weight excluding hydrogens is 316 g/mol. The highest BCUT2D eigenvalue weighted by atomic mass is 32.3. The van der Waals surface area contributed by atoms with Crippen LogP contribution in [0, 0.1) is 0 Å². The molecule has 0 fully saturated rings. The van der Waals surface area contributed by atoms with Crippen molar-refractivity contribution in [3.05, 3.63) is 29.8 Å². The quantitative estimate of drug-likeness (QED) is 0.804. The molecule has 0 aliphatic carbocycles. The fourth-order valence-electron chi connectivity index (χ4n) is 1.36. The molecule has 8 heteroatoms. The van der Waals surface area contributed by atoms with Gasteiger partial charge in [0.1, 0.15) is 16.9 Å². The van der Waals surface area contributed by atoms with Crippen LogP contribution in [-0.4, -0.2) is 32.3 Å². The first-order valence-electron chi connectivity index (χ1n) is 6.17. The van der Waals surface area contributed by atoms with E-state index in [1.54, 1.807) is 18.2 Å². The smallest absolute Gasteiger partial charge is 0.451 e. The molecule has 1 aromatic rings. The van der Waals surface area contributed by atoms with Crippen molar-refractivity contribution in [1.29, 1.82) is 0 Å². The standard InChI is InChI=1S/C13H18O6S2/c1-13(2,3)18-11-7-5-4-6-10(11)12(14)19-21(15,16)17-8-9-20/h4-7,20H,8-9H2,1-3H3. The zero-order chi connectivity index (χ0) is 16.1. The van der Waals surface area contributed by atoms with Crippen molar-refractivity contribution in [2.24, 2.45) is 0 Å². The minimum atomic E-state index is -4.41. The van der Waals surface area contributed by atoms with E-state index >= 15 is 0 Å². The Morgan fingerprint density at radius 2 is 1.86 bits per heavy atom. The van der Waals surface area contributed by atoms with Crippen LogP contribution >= 0.6 is 12.6 Å². The molecule has 21 heavy (non-hydrogen) atoms. The van der Waals surface area contributed by atoms with Gasteiger partial charge in [0, 0.05) is 5.75 Å². The zero-order valence-corrected chi connectivity index (χ0v) is 13.7. The fourth-order valence-corrected chi connectivity index (χ4v) is 2.18. The van der Waals surface area contributed by atoms with Gasteiger partial charge >= 0.3 is 16.4 Å². The summed E-state index contributed by atoms with van der Waals surface area (Å²) in [6, 6.07) is 6.22. The first-order chi connectivity index (χ1) is 9.64. The van der Waals surface area contributed by atoms with E-state index in [-0.39, 0.29) is 23.7 Å². The topological polar surface area (TPSA) is 78.9 Å². The van der Waals surface area contributed by atoms with Gasteiger partial charge in [-0.15, -0.1) is 0 Å². The Bertz CT molecular complexity index is 589. The van der Waals surface area contributed by atoms with E-state index in [9.17, 15) is 13.2 Å². The maximum absolute atomic E-state index is 11.9. The van der Waals surface area contributed by atoms with E-state index in [0.717, 1.165) is 0 Å². The number of carbonyl (C=O) groups excluding carboxylic acids is 1. The maximum Gasteiger partial charge on any atom is 0.451 e. The summed E-state index contributed by atoms with van der Waals surface area (Å²) >= 11 is 3.81. The minimum Gasteiger partial charge on any atom is -0.487 e. The summed E-state index contributed by atoms with van der Waals surface area (Å²) in [7, 11) is -4.41. The van der Waals surface area contributed by atoms with Crippen molar-refractivity contribution in [1.82, 2.24) is 0 Å². The van der Waals surface area contributed by atoms with E-state index in [1.807, 2.05) is 20.8 Å². The molecule has 0 aliphatic rings. The molecule has 0 bridgehead atoms. The van der Waals surface area contributed by atoms with Crippen LogP contribution in [0.5, 0.6) is 5.75 Å². The van der Waals surface area contributed by atoms with Crippen molar-refractivity contribution < 1.29 is 26.3 Å². The third kappa shape index (κ3) is 6.36. The molecule has 0 saturated heterocycles. The van der Waals surface area contributed by atoms with E-state index in [1.165, 1.54) is 6.07 Å². The van der Waals surface area contributed by atoms with Gasteiger partial charge in [-0.1, -0.05) is 12.1 Å². The molecular formula is C13H18O6S2. The molecule has 0 N–H and O–H groups in total. The van der Waals surface area contributed by atoms with Crippen LogP contribution in [-0.2, 0) is 18.8 Å². The largest absolute Gasteiger partial charge is 0.487 e. The Morgan fingerprint density at radius 3 is 2.43 bits per heavy atom. The number of benzene rings is 1. The summed E-state index contributed by atoms with van der Waals surface area (Å²) in [6.45, 7) is 5.24. The minimum absolute atomic E-state index is 0.00507. The summed E-state index contributed by atoms with van der Waals surface area (Å²) in [5, 5.41) is 0. The summed E-state index contributed by atoms with van der Waals surface area (Å²) in [5.74, 6) is -0.644. The van der Waals surface area contributed by atoms with Crippen LogP contribution in [0.15, 0.2) is 24.3 Å². The van der Waals surface area contributed by atoms with E-state index in [4.69, 9.17) is 4.74 Å². The van der Waals surface area contributed by atoms with Crippen molar-refractivity contribution in [2.45, 2.75) is 26.4 Å². The second-order valence-corrected chi connectivity index (χ2v) is 6.70. The van der Waals surface area contributed by atoms with Gasteiger partial charge in [0.2, 0.25) is 0 Å². The molecule has 6 nitrogen and oxygen atoms in total. The van der Waals surface area contributed by atoms with Gasteiger partial charge in [-0.2, -0.15) is 21.0 Å². The predicted octanol–water partition coefficient (Wildman–Crippen LogP) is 2.21. The molecule has 0 unspecified atom stereocenters. The van der Waals surface area contributed by atoms with Crippen LogP contribution in [0.2, 0.25) is 0 Å². The van der Waals surface area contributed by atoms with Gasteiger partial charge in [0.15, 0.2) is 0 Å². The second kappa shape index (κ2) is 7.15. The average molecular weight is 334 g/mol. The SMILES string of the molecule is CC(C)(C)Oc1ccccc1C(=O)OS(=O)(=O)OCCS. The number of carbonyl (C=O) groups is 1. The Kier molecular flexibility index (Phi) is 6.06. The molecule has 0 radical (unpaired) electrons. The van der Waals surface area contributed by atoms with Gasteiger partial charge in [0.25, 0.3) is 0 Å². The Labute approximate surface area is 130 Å². The normalized spacial score (nSPS) is 12.0. The van der Waals surface area contributed by atoms with Crippen molar-refractivity contribution in [2.75, 3.05) is 12.4 Å². The highest BCUT2D eigenvalue weighted by Crippen LogP contribution is 2.24. The number of para-hydroxylation sites is 1. The number of thiol groups is 1. The van der Waals surface area contributed by atoms with E-state index in [2.05, 4.69) is 21.0 Å². The van der Waals surface area contributed by atoms with Gasteiger partial charge in [0.05, 0.1) is 6.61 Å². The second-order valence-electron chi connectivity index (χ2n) is 5.04. The summed E-state index contributed by atoms with van der Waals surface area (Å²) in [5.41, 5.74) is -0.539. The number of hydrogen-bond acceptors (Lipinski definition) is 7. The lowest BCUT2D eigenvalue weighted by atomic mass is 10.1. The highest BCUT2D eigenvalue weighted by Gasteiger charge is 2.24. The molecule has 0 amide bonds. The number of hydrogen-bond donors (Lipinski definition) is 1. The first-order valence-corrected chi connectivity index (χ1v) is 8.13. The Morgan fingerprint density at radius 1 is 1.24 bits per heavy atom. The van der Waals surface area contributed by atoms with Crippen molar-refractivity contribution >= 4 is 29.0 Å². The molecule has 0 spiro atoms. The molecule has 0 saturated carbocycles. The van der Waals surface area contributed by atoms with Gasteiger partial charge in [-0.05, 0) is 32.9 Å². The highest BCUT2D eigenvalue weighted by molar-refractivity contribution is 7.82. The molecule has 0 aromatic heterocycles. The third-order valence-electron chi connectivity index (χ3n) is 2.02. The summed E-state index contributed by atoms with van der Waals surface area (Å²) in [6.07, 6.45) is 0. The van der Waals surface area contributed by atoms with Gasteiger partial charge in [-0.25, -0.2) is 8.98 Å².